The number of carbonyl (C=O) groups is 3. The van der Waals surface area contributed by atoms with Gasteiger partial charge in [0.25, 0.3) is 0 Å². The maximum Gasteiger partial charge on any atom is 0.308 e. The van der Waals surface area contributed by atoms with Crippen LogP contribution in [0, 0.1) is 11.8 Å². The zero-order chi connectivity index (χ0) is 18.8. The number of amides is 2. The maximum absolute atomic E-state index is 12.2. The van der Waals surface area contributed by atoms with Crippen LogP contribution in [0.25, 0.3) is 0 Å². The van der Waals surface area contributed by atoms with E-state index in [-0.39, 0.29) is 30.3 Å². The van der Waals surface area contributed by atoms with E-state index in [9.17, 15) is 22.8 Å². The van der Waals surface area contributed by atoms with Crippen molar-refractivity contribution in [1.29, 1.82) is 0 Å². The Morgan fingerprint density at radius 1 is 1.44 bits per heavy atom. The minimum Gasteiger partial charge on any atom is -0.481 e. The third-order valence-corrected chi connectivity index (χ3v) is 4.87. The highest BCUT2D eigenvalue weighted by molar-refractivity contribution is 7.89. The number of rotatable bonds is 6. The number of nitrogens with one attached hydrogen (secondary N) is 1. The number of carboxylic acids is 1. The highest BCUT2D eigenvalue weighted by atomic mass is 32.2. The molecule has 4 N–H and O–H groups in total. The molecule has 10 heteroatoms. The predicted octanol–water partition coefficient (Wildman–Crippen LogP) is -0.476. The Labute approximate surface area is 144 Å². The van der Waals surface area contributed by atoms with E-state index >= 15 is 0 Å². The largest absolute Gasteiger partial charge is 0.481 e. The molecule has 2 unspecified atom stereocenters. The van der Waals surface area contributed by atoms with Crippen LogP contribution in [0.4, 0.5) is 5.69 Å². The van der Waals surface area contributed by atoms with E-state index < -0.39 is 33.7 Å². The second kappa shape index (κ2) is 7.19. The summed E-state index contributed by atoms with van der Waals surface area (Å²) in [6.45, 7) is 1.52. The van der Waals surface area contributed by atoms with Crippen molar-refractivity contribution in [2.75, 3.05) is 18.0 Å². The van der Waals surface area contributed by atoms with Crippen LogP contribution in [-0.4, -0.2) is 44.4 Å². The van der Waals surface area contributed by atoms with Crippen molar-refractivity contribution in [1.82, 2.24) is 5.32 Å². The normalized spacial score (nSPS) is 18.9. The van der Waals surface area contributed by atoms with Gasteiger partial charge in [0, 0.05) is 25.2 Å². The smallest absolute Gasteiger partial charge is 0.308 e. The van der Waals surface area contributed by atoms with E-state index in [4.69, 9.17) is 10.2 Å². The van der Waals surface area contributed by atoms with Gasteiger partial charge in [0.1, 0.15) is 0 Å². The molecule has 2 atom stereocenters. The molecule has 1 fully saturated rings. The van der Waals surface area contributed by atoms with E-state index in [0.29, 0.717) is 5.69 Å². The van der Waals surface area contributed by atoms with Gasteiger partial charge in [-0.3, -0.25) is 14.4 Å². The van der Waals surface area contributed by atoms with Gasteiger partial charge in [0.05, 0.1) is 16.7 Å². The number of aliphatic carboxylic acids is 1. The van der Waals surface area contributed by atoms with Gasteiger partial charge in [-0.1, -0.05) is 13.0 Å². The Morgan fingerprint density at radius 2 is 2.12 bits per heavy atom. The molecule has 1 heterocycles. The van der Waals surface area contributed by atoms with E-state index in [0.717, 1.165) is 0 Å². The third kappa shape index (κ3) is 4.54. The third-order valence-electron chi connectivity index (χ3n) is 3.96. The van der Waals surface area contributed by atoms with Crippen LogP contribution in [0.5, 0.6) is 0 Å². The topological polar surface area (TPSA) is 147 Å². The minimum absolute atomic E-state index is 0.0280. The number of sulfonamides is 1. The first-order valence-electron chi connectivity index (χ1n) is 7.53. The van der Waals surface area contributed by atoms with Crippen molar-refractivity contribution >= 4 is 33.5 Å². The highest BCUT2D eigenvalue weighted by Gasteiger charge is 2.35. The molecule has 0 aromatic heterocycles. The maximum atomic E-state index is 12.2. The van der Waals surface area contributed by atoms with E-state index in [1.165, 1.54) is 30.0 Å². The van der Waals surface area contributed by atoms with Crippen LogP contribution < -0.4 is 15.4 Å². The fourth-order valence-electron chi connectivity index (χ4n) is 2.45. The van der Waals surface area contributed by atoms with Crippen LogP contribution >= 0.6 is 0 Å². The number of hydrogen-bond acceptors (Lipinski definition) is 5. The summed E-state index contributed by atoms with van der Waals surface area (Å²) in [5.41, 5.74) is 0.339. The van der Waals surface area contributed by atoms with Gasteiger partial charge in [-0.05, 0) is 18.2 Å². The molecule has 25 heavy (non-hydrogen) atoms. The Balaban J connectivity index is 2.08. The zero-order valence-corrected chi connectivity index (χ0v) is 14.3. The number of carbonyl (C=O) groups excluding carboxylic acids is 2. The molecule has 0 bridgehead atoms. The van der Waals surface area contributed by atoms with Crippen molar-refractivity contribution in [3.05, 3.63) is 24.3 Å². The summed E-state index contributed by atoms with van der Waals surface area (Å²) in [6, 6.07) is 5.61. The average molecular weight is 369 g/mol. The molecule has 9 nitrogen and oxygen atoms in total. The lowest BCUT2D eigenvalue weighted by Gasteiger charge is -2.17. The van der Waals surface area contributed by atoms with Crippen LogP contribution in [0.3, 0.4) is 0 Å². The first kappa shape index (κ1) is 18.9. The molecule has 1 aromatic rings. The monoisotopic (exact) mass is 369 g/mol. The van der Waals surface area contributed by atoms with Crippen molar-refractivity contribution in [3.8, 4) is 0 Å². The first-order valence-corrected chi connectivity index (χ1v) is 9.08. The van der Waals surface area contributed by atoms with Gasteiger partial charge in [-0.15, -0.1) is 0 Å². The molecule has 136 valence electrons. The van der Waals surface area contributed by atoms with Gasteiger partial charge in [-0.2, -0.15) is 0 Å². The van der Waals surface area contributed by atoms with Gasteiger partial charge in [-0.25, -0.2) is 13.6 Å². The lowest BCUT2D eigenvalue weighted by molar-refractivity contribution is -0.141. The first-order chi connectivity index (χ1) is 11.6. The Hall–Kier alpha value is -2.46. The van der Waals surface area contributed by atoms with E-state index in [1.807, 2.05) is 0 Å². The van der Waals surface area contributed by atoms with E-state index in [1.54, 1.807) is 6.07 Å². The van der Waals surface area contributed by atoms with Gasteiger partial charge in [0.2, 0.25) is 21.8 Å². The number of benzene rings is 1. The second-order valence-electron chi connectivity index (χ2n) is 5.93. The summed E-state index contributed by atoms with van der Waals surface area (Å²) in [5, 5.41) is 16.4. The van der Waals surface area contributed by atoms with Crippen LogP contribution in [-0.2, 0) is 24.4 Å². The molecule has 2 rings (SSSR count). The molecule has 1 aromatic carbocycles. The molecule has 0 spiro atoms. The summed E-state index contributed by atoms with van der Waals surface area (Å²) < 4.78 is 22.8. The fourth-order valence-corrected chi connectivity index (χ4v) is 3.00. The zero-order valence-electron chi connectivity index (χ0n) is 13.5. The number of nitrogens with zero attached hydrogens (tertiary/aromatic N) is 1. The molecule has 1 saturated heterocycles. The molecule has 2 amide bonds. The number of nitrogens with two attached hydrogens (primary N) is 1. The Morgan fingerprint density at radius 3 is 2.72 bits per heavy atom. The average Bonchev–Trinajstić information content (AvgIpc) is 2.93. The van der Waals surface area contributed by atoms with Crippen LogP contribution in [0.1, 0.15) is 13.3 Å². The fraction of sp³-hybridized carbons (Fsp3) is 0.400. The molecule has 1 aliphatic heterocycles. The van der Waals surface area contributed by atoms with E-state index in [2.05, 4.69) is 5.32 Å². The lowest BCUT2D eigenvalue weighted by atomic mass is 10.1. The second-order valence-corrected chi connectivity index (χ2v) is 7.49. The number of anilines is 1. The summed E-state index contributed by atoms with van der Waals surface area (Å²) >= 11 is 0. The van der Waals surface area contributed by atoms with Crippen molar-refractivity contribution < 1.29 is 27.9 Å². The summed E-state index contributed by atoms with van der Waals surface area (Å²) in [6.07, 6.45) is -0.0348. The molecule has 0 saturated carbocycles. The van der Waals surface area contributed by atoms with Crippen molar-refractivity contribution in [2.45, 2.75) is 18.2 Å². The molecular formula is C15H19N3O6S. The molecular weight excluding hydrogens is 350 g/mol. The van der Waals surface area contributed by atoms with Crippen LogP contribution in [0.15, 0.2) is 29.2 Å². The summed E-state index contributed by atoms with van der Waals surface area (Å²) in [5.74, 6) is -3.12. The number of primary sulfonamides is 1. The minimum atomic E-state index is -3.90. The molecule has 0 aliphatic carbocycles. The standard InChI is InChI=1S/C15H19N3O6S/c1-9(15(21)22)7-17-14(20)10-5-13(19)18(8-10)11-3-2-4-12(6-11)25(16,23)24/h2-4,6,9-10H,5,7-8H2,1H3,(H,17,20)(H,21,22)(H2,16,23,24). The number of hydrogen-bond donors (Lipinski definition) is 3. The predicted molar refractivity (Wildman–Crippen MR) is 88.1 cm³/mol. The van der Waals surface area contributed by atoms with Gasteiger partial charge >= 0.3 is 5.97 Å². The Kier molecular flexibility index (Phi) is 5.43. The van der Waals surface area contributed by atoms with Crippen molar-refractivity contribution in [3.63, 3.8) is 0 Å². The van der Waals surface area contributed by atoms with Gasteiger partial charge in [0.15, 0.2) is 0 Å². The Bertz CT molecular complexity index is 807. The van der Waals surface area contributed by atoms with Gasteiger partial charge < -0.3 is 15.3 Å². The number of carboxylic acid groups (broad SMARTS) is 1. The quantitative estimate of drug-likeness (QED) is 0.617. The van der Waals surface area contributed by atoms with Crippen LogP contribution in [0.2, 0.25) is 0 Å². The van der Waals surface area contributed by atoms with Crippen molar-refractivity contribution in [2.24, 2.45) is 17.0 Å². The molecule has 0 radical (unpaired) electrons. The highest BCUT2D eigenvalue weighted by Crippen LogP contribution is 2.26. The SMILES string of the molecule is CC(CNC(=O)C1CC(=O)N(c2cccc(S(N)(=O)=O)c2)C1)C(=O)O. The summed E-state index contributed by atoms with van der Waals surface area (Å²) in [7, 11) is -3.90. The lowest BCUT2D eigenvalue weighted by Crippen LogP contribution is -2.37. The molecule has 1 aliphatic rings. The summed E-state index contributed by atoms with van der Waals surface area (Å²) in [4.78, 5) is 36.2.